The van der Waals surface area contributed by atoms with E-state index < -0.39 is 0 Å². The van der Waals surface area contributed by atoms with Crippen LogP contribution < -0.4 is 10.1 Å². The van der Waals surface area contributed by atoms with Crippen LogP contribution in [0.25, 0.3) is 10.9 Å². The molecule has 0 fully saturated rings. The lowest BCUT2D eigenvalue weighted by Gasteiger charge is -2.18. The molecule has 0 bridgehead atoms. The Balaban J connectivity index is 1.73. The van der Waals surface area contributed by atoms with Crippen molar-refractivity contribution in [2.24, 2.45) is 0 Å². The van der Waals surface area contributed by atoms with Crippen LogP contribution in [0.4, 0.5) is 0 Å². The van der Waals surface area contributed by atoms with Gasteiger partial charge in [-0.15, -0.1) is 0 Å². The number of rotatable bonds is 10. The fraction of sp³-hybridized carbons (Fsp3) is 0.276. The van der Waals surface area contributed by atoms with Crippen molar-refractivity contribution in [2.75, 3.05) is 27.4 Å². The summed E-state index contributed by atoms with van der Waals surface area (Å²) in [7, 11) is 3.30. The van der Waals surface area contributed by atoms with Gasteiger partial charge in [0.2, 0.25) is 5.91 Å². The smallest absolute Gasteiger partial charge is 0.221 e. The summed E-state index contributed by atoms with van der Waals surface area (Å²) in [6.07, 6.45) is 2.57. The Hall–Kier alpha value is -3.57. The number of carbonyl (C=O) groups excluding carboxylic acids is 1. The number of amides is 1. The molecule has 0 unspecified atom stereocenters. The Morgan fingerprint density at radius 1 is 0.971 bits per heavy atom. The summed E-state index contributed by atoms with van der Waals surface area (Å²) in [4.78, 5) is 12.9. The topological polar surface area (TPSA) is 52.5 Å². The van der Waals surface area contributed by atoms with Gasteiger partial charge < -0.3 is 19.4 Å². The van der Waals surface area contributed by atoms with Crippen LogP contribution in [-0.2, 0) is 16.1 Å². The first-order valence-corrected chi connectivity index (χ1v) is 11.6. The summed E-state index contributed by atoms with van der Waals surface area (Å²) in [6, 6.07) is 25.1. The number of aryl methyl sites for hydroxylation is 1. The zero-order valence-electron chi connectivity index (χ0n) is 20.1. The van der Waals surface area contributed by atoms with Crippen LogP contribution in [0, 0.1) is 6.92 Å². The molecular formula is C29H32N2O3. The number of fused-ring (bicyclic) bond motifs is 1. The van der Waals surface area contributed by atoms with Gasteiger partial charge in [0.1, 0.15) is 5.75 Å². The van der Waals surface area contributed by atoms with Crippen LogP contribution in [0.1, 0.15) is 34.6 Å². The fourth-order valence-corrected chi connectivity index (χ4v) is 4.37. The first-order chi connectivity index (χ1) is 16.6. The van der Waals surface area contributed by atoms with E-state index in [-0.39, 0.29) is 11.8 Å². The molecule has 1 atom stereocenters. The summed E-state index contributed by atoms with van der Waals surface area (Å²) in [5, 5.41) is 4.15. The number of benzene rings is 3. The Labute approximate surface area is 201 Å². The Morgan fingerprint density at radius 3 is 2.41 bits per heavy atom. The number of hydrogen-bond acceptors (Lipinski definition) is 3. The van der Waals surface area contributed by atoms with Gasteiger partial charge in [0.15, 0.2) is 0 Å². The normalized spacial score (nSPS) is 12.0. The van der Waals surface area contributed by atoms with E-state index in [1.807, 2.05) is 12.1 Å². The minimum absolute atomic E-state index is 0.00762. The van der Waals surface area contributed by atoms with Gasteiger partial charge in [-0.25, -0.2) is 0 Å². The third-order valence-corrected chi connectivity index (χ3v) is 6.20. The average Bonchev–Trinajstić information content (AvgIpc) is 3.22. The van der Waals surface area contributed by atoms with Crippen LogP contribution >= 0.6 is 0 Å². The van der Waals surface area contributed by atoms with E-state index in [1.165, 1.54) is 16.5 Å². The molecule has 4 rings (SSSR count). The summed E-state index contributed by atoms with van der Waals surface area (Å²) in [6.45, 7) is 3.87. The van der Waals surface area contributed by atoms with Crippen molar-refractivity contribution in [3.05, 3.63) is 101 Å². The zero-order valence-corrected chi connectivity index (χ0v) is 20.1. The molecule has 1 N–H and O–H groups in total. The minimum Gasteiger partial charge on any atom is -0.497 e. The molecule has 4 aromatic rings. The van der Waals surface area contributed by atoms with Crippen molar-refractivity contribution in [2.45, 2.75) is 25.8 Å². The molecule has 0 aliphatic heterocycles. The number of carbonyl (C=O) groups is 1. The predicted molar refractivity (Wildman–Crippen MR) is 137 cm³/mol. The minimum atomic E-state index is -0.0855. The summed E-state index contributed by atoms with van der Waals surface area (Å²) < 4.78 is 12.7. The molecule has 0 aliphatic rings. The lowest BCUT2D eigenvalue weighted by molar-refractivity contribution is -0.121. The van der Waals surface area contributed by atoms with Crippen molar-refractivity contribution in [3.8, 4) is 5.75 Å². The molecule has 5 heteroatoms. The van der Waals surface area contributed by atoms with Crippen molar-refractivity contribution >= 4 is 16.8 Å². The van der Waals surface area contributed by atoms with Gasteiger partial charge >= 0.3 is 0 Å². The molecule has 176 valence electrons. The van der Waals surface area contributed by atoms with Crippen molar-refractivity contribution < 1.29 is 14.3 Å². The second-order valence-corrected chi connectivity index (χ2v) is 8.59. The summed E-state index contributed by atoms with van der Waals surface area (Å²) in [5.74, 6) is 0.722. The fourth-order valence-electron chi connectivity index (χ4n) is 4.37. The highest BCUT2D eigenvalue weighted by molar-refractivity contribution is 5.86. The highest BCUT2D eigenvalue weighted by Gasteiger charge is 2.23. The number of nitrogens with zero attached hydrogens (tertiary/aromatic N) is 1. The van der Waals surface area contributed by atoms with E-state index in [2.05, 4.69) is 83.7 Å². The molecule has 5 nitrogen and oxygen atoms in total. The van der Waals surface area contributed by atoms with E-state index in [9.17, 15) is 4.79 Å². The van der Waals surface area contributed by atoms with Gasteiger partial charge in [-0.1, -0.05) is 60.2 Å². The lowest BCUT2D eigenvalue weighted by atomic mass is 9.88. The monoisotopic (exact) mass is 456 g/mol. The van der Waals surface area contributed by atoms with Crippen molar-refractivity contribution in [3.63, 3.8) is 0 Å². The summed E-state index contributed by atoms with van der Waals surface area (Å²) >= 11 is 0. The average molecular weight is 457 g/mol. The van der Waals surface area contributed by atoms with Crippen molar-refractivity contribution in [1.82, 2.24) is 9.88 Å². The predicted octanol–water partition coefficient (Wildman–Crippen LogP) is 5.29. The van der Waals surface area contributed by atoms with E-state index >= 15 is 0 Å². The maximum atomic E-state index is 12.9. The molecular weight excluding hydrogens is 424 g/mol. The number of methoxy groups -OCH3 is 2. The molecule has 1 amide bonds. The van der Waals surface area contributed by atoms with Gasteiger partial charge in [-0.05, 0) is 41.8 Å². The molecule has 1 aromatic heterocycles. The molecule has 34 heavy (non-hydrogen) atoms. The highest BCUT2D eigenvalue weighted by Crippen LogP contribution is 2.35. The largest absolute Gasteiger partial charge is 0.497 e. The maximum Gasteiger partial charge on any atom is 0.221 e. The number of aromatic nitrogens is 1. The van der Waals surface area contributed by atoms with E-state index in [1.54, 1.807) is 14.2 Å². The Kier molecular flexibility index (Phi) is 7.65. The third kappa shape index (κ3) is 5.49. The molecule has 0 aliphatic carbocycles. The van der Waals surface area contributed by atoms with Gasteiger partial charge in [0.05, 0.1) is 13.7 Å². The van der Waals surface area contributed by atoms with Crippen LogP contribution in [-0.4, -0.2) is 37.8 Å². The highest BCUT2D eigenvalue weighted by atomic mass is 16.5. The first kappa shape index (κ1) is 23.6. The number of nitrogens with one attached hydrogen (secondary N) is 1. The SMILES string of the molecule is COCCNC(=O)C[C@@H](c1ccc(OC)cc1)c1cn(Cc2ccc(C)cc2)c2ccccc12. The molecule has 3 aromatic carbocycles. The van der Waals surface area contributed by atoms with Gasteiger partial charge in [0.25, 0.3) is 0 Å². The quantitative estimate of drug-likeness (QED) is 0.330. The number of hydrogen-bond donors (Lipinski definition) is 1. The molecule has 0 radical (unpaired) electrons. The summed E-state index contributed by atoms with van der Waals surface area (Å²) in [5.41, 5.74) is 5.89. The van der Waals surface area contributed by atoms with Crippen LogP contribution in [0.3, 0.4) is 0 Å². The molecule has 0 saturated heterocycles. The third-order valence-electron chi connectivity index (χ3n) is 6.20. The number of para-hydroxylation sites is 1. The second kappa shape index (κ2) is 11.0. The van der Waals surface area contributed by atoms with E-state index in [4.69, 9.17) is 9.47 Å². The maximum absolute atomic E-state index is 12.9. The Bertz CT molecular complexity index is 1230. The zero-order chi connectivity index (χ0) is 23.9. The van der Waals surface area contributed by atoms with Crippen LogP contribution in [0.5, 0.6) is 5.75 Å². The van der Waals surface area contributed by atoms with Gasteiger partial charge in [-0.2, -0.15) is 0 Å². The van der Waals surface area contributed by atoms with Crippen LogP contribution in [0.2, 0.25) is 0 Å². The first-order valence-electron chi connectivity index (χ1n) is 11.6. The molecule has 0 saturated carbocycles. The Morgan fingerprint density at radius 2 is 1.71 bits per heavy atom. The molecule has 1 heterocycles. The number of ether oxygens (including phenoxy) is 2. The van der Waals surface area contributed by atoms with E-state index in [0.717, 1.165) is 28.9 Å². The van der Waals surface area contributed by atoms with E-state index in [0.29, 0.717) is 19.6 Å². The standard InChI is InChI=1S/C29H32N2O3/c1-21-8-10-22(11-9-21)19-31-20-27(25-6-4-5-7-28(25)31)26(18-29(32)30-16-17-33-2)23-12-14-24(34-3)15-13-23/h4-15,20,26H,16-19H2,1-3H3,(H,30,32)/t26-/m0/s1. The second-order valence-electron chi connectivity index (χ2n) is 8.59. The lowest BCUT2D eigenvalue weighted by Crippen LogP contribution is -2.28. The van der Waals surface area contributed by atoms with Crippen LogP contribution in [0.15, 0.2) is 79.0 Å². The van der Waals surface area contributed by atoms with Crippen molar-refractivity contribution in [1.29, 1.82) is 0 Å². The molecule has 0 spiro atoms. The van der Waals surface area contributed by atoms with Gasteiger partial charge in [-0.3, -0.25) is 4.79 Å². The van der Waals surface area contributed by atoms with Gasteiger partial charge in [0, 0.05) is 49.6 Å².